The topological polar surface area (TPSA) is 38.9 Å². The summed E-state index contributed by atoms with van der Waals surface area (Å²) in [7, 11) is 0. The van der Waals surface area contributed by atoms with Gasteiger partial charge in [-0.1, -0.05) is 25.1 Å². The molecule has 3 heteroatoms. The van der Waals surface area contributed by atoms with Gasteiger partial charge in [0.15, 0.2) is 5.82 Å². The van der Waals surface area contributed by atoms with Gasteiger partial charge in [0.1, 0.15) is 0 Å². The second-order valence-electron chi connectivity index (χ2n) is 4.32. The van der Waals surface area contributed by atoms with E-state index in [9.17, 15) is 0 Å². The van der Waals surface area contributed by atoms with E-state index in [0.29, 0.717) is 11.8 Å². The third-order valence-corrected chi connectivity index (χ3v) is 3.42. The van der Waals surface area contributed by atoms with Crippen molar-refractivity contribution in [1.82, 2.24) is 10.1 Å². The van der Waals surface area contributed by atoms with Crippen LogP contribution in [0.25, 0.3) is 6.08 Å². The summed E-state index contributed by atoms with van der Waals surface area (Å²) in [4.78, 5) is 4.31. The number of rotatable bonds is 3. The van der Waals surface area contributed by atoms with Crippen molar-refractivity contribution in [2.24, 2.45) is 5.92 Å². The molecule has 1 aliphatic carbocycles. The van der Waals surface area contributed by atoms with Crippen LogP contribution < -0.4 is 0 Å². The second kappa shape index (κ2) is 4.60. The second-order valence-corrected chi connectivity index (χ2v) is 4.32. The summed E-state index contributed by atoms with van der Waals surface area (Å²) in [6.45, 7) is 5.89. The molecule has 1 saturated carbocycles. The summed E-state index contributed by atoms with van der Waals surface area (Å²) in [5, 5.41) is 4.00. The van der Waals surface area contributed by atoms with Gasteiger partial charge in [-0.2, -0.15) is 4.98 Å². The monoisotopic (exact) mass is 206 g/mol. The van der Waals surface area contributed by atoms with Crippen LogP contribution in [-0.2, 0) is 0 Å². The van der Waals surface area contributed by atoms with Crippen LogP contribution in [0.15, 0.2) is 11.1 Å². The van der Waals surface area contributed by atoms with Crippen LogP contribution in [0.3, 0.4) is 0 Å². The van der Waals surface area contributed by atoms with Crippen molar-refractivity contribution in [3.63, 3.8) is 0 Å². The fourth-order valence-corrected chi connectivity index (χ4v) is 2.32. The van der Waals surface area contributed by atoms with Gasteiger partial charge in [0, 0.05) is 5.92 Å². The van der Waals surface area contributed by atoms with Gasteiger partial charge in [-0.25, -0.2) is 0 Å². The molecule has 0 N–H and O–H groups in total. The summed E-state index contributed by atoms with van der Waals surface area (Å²) in [6, 6.07) is 0. The molecule has 3 nitrogen and oxygen atoms in total. The Kier molecular flexibility index (Phi) is 3.19. The number of hydrogen-bond donors (Lipinski definition) is 0. The minimum Gasteiger partial charge on any atom is -0.335 e. The molecule has 0 aliphatic heterocycles. The summed E-state index contributed by atoms with van der Waals surface area (Å²) in [6.07, 6.45) is 7.92. The Morgan fingerprint density at radius 1 is 1.40 bits per heavy atom. The van der Waals surface area contributed by atoms with E-state index in [1.165, 1.54) is 32.1 Å². The van der Waals surface area contributed by atoms with Gasteiger partial charge in [0.05, 0.1) is 0 Å². The molecular formula is C12H18N2O. The SMILES string of the molecule is C=Cc1nc(C2CCC(CC)CC2)no1. The lowest BCUT2D eigenvalue weighted by Gasteiger charge is -2.25. The Hall–Kier alpha value is -1.12. The zero-order valence-corrected chi connectivity index (χ0v) is 9.28. The predicted molar refractivity (Wildman–Crippen MR) is 59.4 cm³/mol. The summed E-state index contributed by atoms with van der Waals surface area (Å²) < 4.78 is 5.04. The van der Waals surface area contributed by atoms with Crippen LogP contribution in [0.1, 0.15) is 56.7 Å². The largest absolute Gasteiger partial charge is 0.335 e. The predicted octanol–water partition coefficient (Wildman–Crippen LogP) is 3.40. The molecule has 1 aromatic rings. The highest BCUT2D eigenvalue weighted by Gasteiger charge is 2.24. The summed E-state index contributed by atoms with van der Waals surface area (Å²) >= 11 is 0. The minimum absolute atomic E-state index is 0.505. The number of aromatic nitrogens is 2. The maximum Gasteiger partial charge on any atom is 0.250 e. The van der Waals surface area contributed by atoms with E-state index in [4.69, 9.17) is 4.52 Å². The van der Waals surface area contributed by atoms with Crippen molar-refractivity contribution in [3.8, 4) is 0 Å². The molecule has 1 heterocycles. The lowest BCUT2D eigenvalue weighted by molar-refractivity contribution is 0.304. The van der Waals surface area contributed by atoms with Crippen LogP contribution in [0.5, 0.6) is 0 Å². The molecule has 15 heavy (non-hydrogen) atoms. The first kappa shape index (κ1) is 10.4. The van der Waals surface area contributed by atoms with E-state index < -0.39 is 0 Å². The van der Waals surface area contributed by atoms with Gasteiger partial charge >= 0.3 is 0 Å². The molecule has 1 aromatic heterocycles. The third kappa shape index (κ3) is 2.28. The highest BCUT2D eigenvalue weighted by atomic mass is 16.5. The molecule has 1 aliphatic rings. The van der Waals surface area contributed by atoms with Crippen LogP contribution in [0.2, 0.25) is 0 Å². The molecule has 2 rings (SSSR count). The van der Waals surface area contributed by atoms with E-state index >= 15 is 0 Å². The molecule has 0 radical (unpaired) electrons. The lowest BCUT2D eigenvalue weighted by atomic mass is 9.80. The zero-order valence-electron chi connectivity index (χ0n) is 9.28. The van der Waals surface area contributed by atoms with Gasteiger partial charge in [-0.15, -0.1) is 0 Å². The molecule has 0 saturated heterocycles. The molecule has 0 amide bonds. The molecule has 82 valence electrons. The van der Waals surface area contributed by atoms with Crippen molar-refractivity contribution < 1.29 is 4.52 Å². The molecular weight excluding hydrogens is 188 g/mol. The quantitative estimate of drug-likeness (QED) is 0.760. The van der Waals surface area contributed by atoms with Gasteiger partial charge in [-0.3, -0.25) is 0 Å². The van der Waals surface area contributed by atoms with E-state index in [1.54, 1.807) is 6.08 Å². The lowest BCUT2D eigenvalue weighted by Crippen LogP contribution is -2.13. The number of hydrogen-bond acceptors (Lipinski definition) is 3. The van der Waals surface area contributed by atoms with Gasteiger partial charge < -0.3 is 4.52 Å². The van der Waals surface area contributed by atoms with E-state index in [-0.39, 0.29) is 0 Å². The molecule has 1 fully saturated rings. The molecule has 0 atom stereocenters. The van der Waals surface area contributed by atoms with Crippen molar-refractivity contribution in [3.05, 3.63) is 18.3 Å². The average Bonchev–Trinajstić information content (AvgIpc) is 2.78. The summed E-state index contributed by atoms with van der Waals surface area (Å²) in [5.74, 6) is 2.83. The molecule has 0 bridgehead atoms. The minimum atomic E-state index is 0.505. The maximum atomic E-state index is 5.04. The smallest absolute Gasteiger partial charge is 0.250 e. The van der Waals surface area contributed by atoms with Crippen molar-refractivity contribution in [2.45, 2.75) is 44.9 Å². The number of nitrogens with zero attached hydrogens (tertiary/aromatic N) is 2. The van der Waals surface area contributed by atoms with Gasteiger partial charge in [0.2, 0.25) is 5.89 Å². The van der Waals surface area contributed by atoms with Crippen LogP contribution in [0.4, 0.5) is 0 Å². The molecule has 0 unspecified atom stereocenters. The van der Waals surface area contributed by atoms with Crippen molar-refractivity contribution >= 4 is 6.08 Å². The molecule has 0 spiro atoms. The van der Waals surface area contributed by atoms with Crippen molar-refractivity contribution in [1.29, 1.82) is 0 Å². The molecule has 0 aromatic carbocycles. The third-order valence-electron chi connectivity index (χ3n) is 3.42. The normalized spacial score (nSPS) is 26.5. The van der Waals surface area contributed by atoms with Crippen molar-refractivity contribution in [2.75, 3.05) is 0 Å². The van der Waals surface area contributed by atoms with Crippen LogP contribution in [-0.4, -0.2) is 10.1 Å². The first-order valence-corrected chi connectivity index (χ1v) is 5.79. The fraction of sp³-hybridized carbons (Fsp3) is 0.667. The Bertz CT molecular complexity index is 324. The Morgan fingerprint density at radius 3 is 2.67 bits per heavy atom. The highest BCUT2D eigenvalue weighted by Crippen LogP contribution is 2.35. The van der Waals surface area contributed by atoms with Crippen LogP contribution >= 0.6 is 0 Å². The van der Waals surface area contributed by atoms with E-state index in [1.807, 2.05) is 0 Å². The zero-order chi connectivity index (χ0) is 10.7. The Morgan fingerprint density at radius 2 is 2.13 bits per heavy atom. The van der Waals surface area contributed by atoms with Crippen LogP contribution in [0, 0.1) is 5.92 Å². The van der Waals surface area contributed by atoms with Gasteiger partial charge in [-0.05, 0) is 37.7 Å². The Labute approximate surface area is 90.6 Å². The highest BCUT2D eigenvalue weighted by molar-refractivity contribution is 5.32. The van der Waals surface area contributed by atoms with Gasteiger partial charge in [0.25, 0.3) is 0 Å². The average molecular weight is 206 g/mol. The van der Waals surface area contributed by atoms with E-state index in [0.717, 1.165) is 11.7 Å². The van der Waals surface area contributed by atoms with E-state index in [2.05, 4.69) is 23.6 Å². The first-order chi connectivity index (χ1) is 7.33. The maximum absolute atomic E-state index is 5.04. The first-order valence-electron chi connectivity index (χ1n) is 5.79. The fourth-order valence-electron chi connectivity index (χ4n) is 2.32. The standard InChI is InChI=1S/C12H18N2O/c1-3-9-5-7-10(8-6-9)12-13-11(4-2)15-14-12/h4,9-10H,2-3,5-8H2,1H3. The Balaban J connectivity index is 1.97. The summed E-state index contributed by atoms with van der Waals surface area (Å²) in [5.41, 5.74) is 0.